The average molecular weight is 1370 g/mol. The van der Waals surface area contributed by atoms with Gasteiger partial charge < -0.3 is 57.0 Å². The van der Waals surface area contributed by atoms with Gasteiger partial charge in [-0.15, -0.1) is 0 Å². The third kappa shape index (κ3) is 24.3. The Morgan fingerprint density at radius 2 is 1.40 bits per heavy atom. The van der Waals surface area contributed by atoms with Gasteiger partial charge in [0.2, 0.25) is 17.5 Å². The summed E-state index contributed by atoms with van der Waals surface area (Å²) in [6.45, 7) is 19.4. The Labute approximate surface area is 593 Å². The van der Waals surface area contributed by atoms with Crippen molar-refractivity contribution >= 4 is 58.4 Å². The zero-order chi connectivity index (χ0) is 71.9. The molecule has 4 aromatic rings. The quantitative estimate of drug-likeness (QED) is 0.00941. The summed E-state index contributed by atoms with van der Waals surface area (Å²) in [7, 11) is 0. The number of Topliss-reactive ketones (excluding diaryl/α,β-unsaturated/α-hetero) is 2. The number of benzene rings is 4. The molecule has 540 valence electrons. The third-order valence-electron chi connectivity index (χ3n) is 19.0. The van der Waals surface area contributed by atoms with Crippen molar-refractivity contribution < 1.29 is 52.7 Å². The lowest BCUT2D eigenvalue weighted by Crippen LogP contribution is -2.44. The predicted molar refractivity (Wildman–Crippen MR) is 398 cm³/mol. The Morgan fingerprint density at radius 1 is 0.690 bits per heavy atom. The number of anilines is 1. The van der Waals surface area contributed by atoms with E-state index in [2.05, 4.69) is 150 Å². The number of carbonyl (C=O) groups excluding carboxylic acids is 5. The highest BCUT2D eigenvalue weighted by Crippen LogP contribution is 2.48. The molecule has 3 aliphatic rings. The van der Waals surface area contributed by atoms with E-state index in [9.17, 15) is 28.8 Å². The molecule has 19 heteroatoms. The third-order valence-corrected chi connectivity index (χ3v) is 19.0. The molecule has 0 saturated heterocycles. The smallest absolute Gasteiger partial charge is 0.314 e. The van der Waals surface area contributed by atoms with Gasteiger partial charge in [-0.3, -0.25) is 29.0 Å². The van der Waals surface area contributed by atoms with Gasteiger partial charge in [0.25, 0.3) is 0 Å². The number of nitrogens with two attached hydrogens (primary N) is 2. The van der Waals surface area contributed by atoms with Crippen molar-refractivity contribution in [2.75, 3.05) is 64.1 Å². The second-order valence-corrected chi connectivity index (χ2v) is 27.7. The number of guanidine groups is 1. The number of nitrogens with zero attached hydrogens (tertiary/aromatic N) is 3. The number of fused-ring (bicyclic) bond motifs is 2. The standard InChI is InChI=1S/C81H111N9O10/c1-8-10-19-51-90-70-34-18-16-32-67(70)81(6,7)73(90)43-39-62-27-20-26-61(38-42-72-80(4,5)66-31-15-17-33-69(66)89(72)50-11-9-2)76(62)100-65-40-36-59(37-41-65)45-49-84-77(96)63(28-21-47-85-78(82)83)57-71(92)68(56-60-24-13-12-14-25-60)88-74(93)46-53-99-55-54-98-52-23-30-64(91)29-22-48-86-79(97)87-58(3)35-44-75(94)95/h12-18,24-25,31-34,36-43,58,63,68H,8-11,19-23,26-30,35,44-57H2,1-7H3,(H8-,82,83,84,85,86,87,88,93,94,95,96,97)/p+1/t58-,63+,68-/m0/s1. The second kappa shape index (κ2) is 40.5. The van der Waals surface area contributed by atoms with Crippen LogP contribution in [0.2, 0.25) is 0 Å². The molecule has 4 aromatic carbocycles. The molecule has 7 rings (SSSR count). The summed E-state index contributed by atoms with van der Waals surface area (Å²) >= 11 is 0. The molecule has 100 heavy (non-hydrogen) atoms. The number of hydrogen-bond acceptors (Lipinski definition) is 11. The molecule has 0 spiro atoms. The number of aliphatic imine (C=N–C) groups is 1. The van der Waals surface area contributed by atoms with Crippen molar-refractivity contribution in [1.29, 1.82) is 0 Å². The molecule has 0 unspecified atom stereocenters. The van der Waals surface area contributed by atoms with Gasteiger partial charge in [-0.05, 0) is 156 Å². The molecule has 19 nitrogen and oxygen atoms in total. The van der Waals surface area contributed by atoms with E-state index in [1.54, 1.807) is 6.92 Å². The van der Waals surface area contributed by atoms with Crippen LogP contribution in [0.3, 0.4) is 0 Å². The minimum Gasteiger partial charge on any atom is -0.481 e. The number of aliphatic carboxylic acids is 1. The molecule has 1 aliphatic carbocycles. The lowest BCUT2D eigenvalue weighted by atomic mass is 9.81. The molecule has 0 saturated carbocycles. The summed E-state index contributed by atoms with van der Waals surface area (Å²) in [6.07, 6.45) is 21.1. The number of para-hydroxylation sites is 2. The van der Waals surface area contributed by atoms with E-state index in [0.717, 1.165) is 91.8 Å². The van der Waals surface area contributed by atoms with Crippen molar-refractivity contribution in [3.05, 3.63) is 172 Å². The number of hydrogen-bond donors (Lipinski definition) is 7. The van der Waals surface area contributed by atoms with Crippen LogP contribution < -0.4 is 42.4 Å². The number of rotatable bonds is 44. The largest absolute Gasteiger partial charge is 0.481 e. The fourth-order valence-electron chi connectivity index (χ4n) is 13.4. The number of nitrogens with one attached hydrogen (secondary N) is 4. The molecule has 0 fully saturated rings. The molecule has 3 atom stereocenters. The number of ketones is 2. The van der Waals surface area contributed by atoms with Crippen LogP contribution in [0.15, 0.2) is 155 Å². The number of carbonyl (C=O) groups is 6. The maximum Gasteiger partial charge on any atom is 0.314 e. The Morgan fingerprint density at radius 3 is 2.14 bits per heavy atom. The summed E-state index contributed by atoms with van der Waals surface area (Å²) < 4.78 is 21.0. The number of carboxylic acids is 1. The van der Waals surface area contributed by atoms with E-state index in [1.807, 2.05) is 54.6 Å². The monoisotopic (exact) mass is 1370 g/mol. The molecule has 2 heterocycles. The molecule has 0 aromatic heterocycles. The van der Waals surface area contributed by atoms with Crippen molar-refractivity contribution in [3.63, 3.8) is 0 Å². The van der Waals surface area contributed by atoms with E-state index >= 15 is 0 Å². The normalized spacial score (nSPS) is 16.2. The van der Waals surface area contributed by atoms with Crippen LogP contribution in [0.4, 0.5) is 16.2 Å². The predicted octanol–water partition coefficient (Wildman–Crippen LogP) is 12.9. The summed E-state index contributed by atoms with van der Waals surface area (Å²) in [6, 6.07) is 33.6. The average Bonchev–Trinajstić information content (AvgIpc) is 1.60. The molecular formula is C81H112N9O10+. The van der Waals surface area contributed by atoms with Crippen molar-refractivity contribution in [3.8, 4) is 5.75 Å². The van der Waals surface area contributed by atoms with E-state index in [4.69, 9.17) is 30.8 Å². The Kier molecular flexibility index (Phi) is 31.9. The number of amides is 4. The van der Waals surface area contributed by atoms with Crippen LogP contribution in [0.5, 0.6) is 5.75 Å². The molecular weight excluding hydrogens is 1260 g/mol. The van der Waals surface area contributed by atoms with E-state index in [0.29, 0.717) is 71.1 Å². The number of urea groups is 1. The first kappa shape index (κ1) is 78.7. The lowest BCUT2D eigenvalue weighted by Gasteiger charge is -2.27. The van der Waals surface area contributed by atoms with E-state index < -0.39 is 24.0 Å². The maximum absolute atomic E-state index is 14.4. The number of carboxylic acid groups (broad SMARTS) is 1. The summed E-state index contributed by atoms with van der Waals surface area (Å²) in [4.78, 5) is 83.9. The van der Waals surface area contributed by atoms with Gasteiger partial charge >= 0.3 is 12.0 Å². The Bertz CT molecular complexity index is 3550. The van der Waals surface area contributed by atoms with E-state index in [1.165, 1.54) is 40.3 Å². The summed E-state index contributed by atoms with van der Waals surface area (Å²) in [5, 5.41) is 20.3. The molecule has 0 radical (unpaired) electrons. The second-order valence-electron chi connectivity index (χ2n) is 27.7. The fourth-order valence-corrected chi connectivity index (χ4v) is 13.4. The van der Waals surface area contributed by atoms with Crippen molar-refractivity contribution in [2.45, 2.75) is 200 Å². The number of unbranched alkanes of at least 4 members (excludes halogenated alkanes) is 3. The van der Waals surface area contributed by atoms with Crippen molar-refractivity contribution in [1.82, 2.24) is 21.3 Å². The SMILES string of the molecule is CCCCC[N+]1=C(/C=C/C2=C(Oc3ccc(CCNC(=O)[C@H](CCCN=C(N)N)CC(=O)[C@H](Cc4ccccc4)NC(=O)CCOCCOCCCC(=O)CCCNC(=O)N[C@@H](C)CCC(=O)O)cc3)C(=C/C=C3/N(CCCC)c4ccccc4C3(C)C)/CCC2)C(C)(C)c2ccccc21. The summed E-state index contributed by atoms with van der Waals surface area (Å²) in [5.41, 5.74) is 22.9. The highest BCUT2D eigenvalue weighted by Gasteiger charge is 2.44. The van der Waals surface area contributed by atoms with Gasteiger partial charge in [0, 0.05) is 118 Å². The van der Waals surface area contributed by atoms with Crippen LogP contribution in [0.25, 0.3) is 0 Å². The number of ether oxygens (including phenoxy) is 3. The van der Waals surface area contributed by atoms with E-state index in [-0.39, 0.29) is 98.3 Å². The van der Waals surface area contributed by atoms with Crippen molar-refractivity contribution in [2.24, 2.45) is 22.4 Å². The Hall–Kier alpha value is -8.68. The lowest BCUT2D eigenvalue weighted by molar-refractivity contribution is -0.438. The van der Waals surface area contributed by atoms with Crippen LogP contribution in [0.1, 0.15) is 186 Å². The minimum absolute atomic E-state index is 0.00507. The van der Waals surface area contributed by atoms with Gasteiger partial charge in [-0.25, -0.2) is 4.79 Å². The highest BCUT2D eigenvalue weighted by atomic mass is 16.5. The first-order valence-corrected chi connectivity index (χ1v) is 36.5. The molecule has 2 aliphatic heterocycles. The Balaban J connectivity index is 0.967. The van der Waals surface area contributed by atoms with Gasteiger partial charge in [0.1, 0.15) is 23.8 Å². The zero-order valence-electron chi connectivity index (χ0n) is 60.5. The maximum atomic E-state index is 14.4. The molecule has 4 amide bonds. The first-order valence-electron chi connectivity index (χ1n) is 36.5. The van der Waals surface area contributed by atoms with Gasteiger partial charge in [-0.2, -0.15) is 4.58 Å². The summed E-state index contributed by atoms with van der Waals surface area (Å²) in [5.74, 6) is -0.962. The van der Waals surface area contributed by atoms with Crippen LogP contribution in [0, 0.1) is 5.92 Å². The topological polar surface area (TPSA) is 269 Å². The highest BCUT2D eigenvalue weighted by molar-refractivity contribution is 6.03. The van der Waals surface area contributed by atoms with Gasteiger partial charge in [0.15, 0.2) is 17.5 Å². The van der Waals surface area contributed by atoms with Crippen LogP contribution in [-0.4, -0.2) is 128 Å². The zero-order valence-corrected chi connectivity index (χ0v) is 60.5. The van der Waals surface area contributed by atoms with Crippen LogP contribution in [-0.2, 0) is 57.1 Å². The molecule has 0 bridgehead atoms. The first-order chi connectivity index (χ1) is 48.2. The van der Waals surface area contributed by atoms with Gasteiger partial charge in [0.05, 0.1) is 31.3 Å². The fraction of sp³-hybridized carbons (Fsp3) is 0.506. The molecule has 9 N–H and O–H groups in total. The minimum atomic E-state index is -0.921. The van der Waals surface area contributed by atoms with Gasteiger partial charge in [-0.1, -0.05) is 125 Å². The van der Waals surface area contributed by atoms with Crippen LogP contribution >= 0.6 is 0 Å². The number of allylic oxidation sites excluding steroid dienone is 7.